The fourth-order valence-corrected chi connectivity index (χ4v) is 6.45. The van der Waals surface area contributed by atoms with Crippen LogP contribution in [0.1, 0.15) is 48.9 Å². The van der Waals surface area contributed by atoms with Gasteiger partial charge in [0.15, 0.2) is 5.75 Å². The molecule has 1 amide bonds. The Morgan fingerprint density at radius 2 is 1.47 bits per heavy atom. The lowest BCUT2D eigenvalue weighted by Gasteiger charge is -2.35. The van der Waals surface area contributed by atoms with Crippen LogP contribution >= 0.6 is 0 Å². The molecule has 5 rings (SSSR count). The molecule has 3 N–H and O–H groups in total. The third-order valence-electron chi connectivity index (χ3n) is 8.28. The van der Waals surface area contributed by atoms with Crippen LogP contribution in [0.25, 0.3) is 0 Å². The molecule has 2 saturated heterocycles. The molecule has 15 heteroatoms. The molecule has 3 aliphatic rings. The molecule has 1 saturated carbocycles. The maximum absolute atomic E-state index is 13.8. The van der Waals surface area contributed by atoms with E-state index in [0.717, 1.165) is 31.7 Å². The maximum Gasteiger partial charge on any atom is 0.573 e. The van der Waals surface area contributed by atoms with Crippen LogP contribution in [-0.4, -0.2) is 70.3 Å². The summed E-state index contributed by atoms with van der Waals surface area (Å²) >= 11 is 0. The first kappa shape index (κ1) is 31.1. The molecule has 1 aliphatic carbocycles. The smallest absolute Gasteiger partial charge is 0.404 e. The van der Waals surface area contributed by atoms with Gasteiger partial charge in [-0.1, -0.05) is 0 Å². The minimum Gasteiger partial charge on any atom is -0.404 e. The number of ether oxygens (including phenoxy) is 1. The molecule has 1 spiro atoms. The van der Waals surface area contributed by atoms with Crippen LogP contribution in [0.3, 0.4) is 0 Å². The minimum atomic E-state index is -5.01. The van der Waals surface area contributed by atoms with Gasteiger partial charge in [-0.15, -0.1) is 13.2 Å². The highest BCUT2D eigenvalue weighted by Gasteiger charge is 2.45. The number of carbonyl (C=O) groups excluding carboxylic acids is 1. The third-order valence-corrected chi connectivity index (χ3v) is 9.54. The number of carbonyl (C=O) groups is 1. The number of hydrogen-bond acceptors (Lipinski definition) is 7. The van der Waals surface area contributed by atoms with Gasteiger partial charge in [0.1, 0.15) is 0 Å². The SMILES string of the molecule is O=C(Nc1ccc(OC(F)(F)F)c(N2CCC(F)(F)CC2)c1)c1ccc(NS(=O)(=O)CCO)cc1N1CCC2(CC1)CC2. The number of piperidine rings is 2. The Kier molecular flexibility index (Phi) is 8.42. The molecule has 2 heterocycles. The Morgan fingerprint density at radius 1 is 0.884 bits per heavy atom. The number of rotatable bonds is 9. The highest BCUT2D eigenvalue weighted by atomic mass is 32.2. The summed E-state index contributed by atoms with van der Waals surface area (Å²) in [4.78, 5) is 16.9. The standard InChI is InChI=1S/C28H33F5N4O5S/c29-27(30)9-13-37(14-10-27)23-17-19(2-4-24(23)42-28(31,32)33)34-25(39)21-3-1-20(35-43(40,41)16-15-38)18-22(21)36-11-7-26(5-6-26)8-12-36/h1-4,17-18,35,38H,5-16H2,(H,34,39). The first-order valence-electron chi connectivity index (χ1n) is 14.0. The fraction of sp³-hybridized carbons (Fsp3) is 0.536. The molecule has 3 fully saturated rings. The van der Waals surface area contributed by atoms with Gasteiger partial charge in [-0.25, -0.2) is 17.2 Å². The number of amides is 1. The Hall–Kier alpha value is -3.33. The predicted molar refractivity (Wildman–Crippen MR) is 152 cm³/mol. The van der Waals surface area contributed by atoms with Gasteiger partial charge in [0.25, 0.3) is 11.8 Å². The lowest BCUT2D eigenvalue weighted by Crippen LogP contribution is -2.39. The van der Waals surface area contributed by atoms with E-state index in [1.165, 1.54) is 29.2 Å². The van der Waals surface area contributed by atoms with Crippen LogP contribution in [0.15, 0.2) is 36.4 Å². The van der Waals surface area contributed by atoms with Crippen molar-refractivity contribution in [3.63, 3.8) is 0 Å². The first-order valence-corrected chi connectivity index (χ1v) is 15.7. The van der Waals surface area contributed by atoms with E-state index in [1.807, 2.05) is 4.90 Å². The number of hydrogen-bond donors (Lipinski definition) is 3. The predicted octanol–water partition coefficient (Wildman–Crippen LogP) is 5.19. The average molecular weight is 633 g/mol. The van der Waals surface area contributed by atoms with E-state index >= 15 is 0 Å². The largest absolute Gasteiger partial charge is 0.573 e. The first-order chi connectivity index (χ1) is 20.2. The van der Waals surface area contributed by atoms with Gasteiger partial charge in [0, 0.05) is 44.7 Å². The van der Waals surface area contributed by atoms with Gasteiger partial charge < -0.3 is 25.0 Å². The summed E-state index contributed by atoms with van der Waals surface area (Å²) in [6.45, 7) is 0.339. The third kappa shape index (κ3) is 7.80. The molecular weight excluding hydrogens is 599 g/mol. The number of nitrogens with zero attached hydrogens (tertiary/aromatic N) is 2. The Balaban J connectivity index is 1.42. The zero-order chi connectivity index (χ0) is 31.0. The number of nitrogens with one attached hydrogen (secondary N) is 2. The van der Waals surface area contributed by atoms with Crippen LogP contribution < -0.4 is 24.6 Å². The van der Waals surface area contributed by atoms with Crippen molar-refractivity contribution in [3.8, 4) is 5.75 Å². The molecule has 236 valence electrons. The molecule has 43 heavy (non-hydrogen) atoms. The van der Waals surface area contributed by atoms with Gasteiger partial charge in [0.05, 0.1) is 35.0 Å². The highest BCUT2D eigenvalue weighted by Crippen LogP contribution is 2.54. The number of alkyl halides is 5. The van der Waals surface area contributed by atoms with Gasteiger partial charge >= 0.3 is 6.36 Å². The van der Waals surface area contributed by atoms with Gasteiger partial charge in [0.2, 0.25) is 10.0 Å². The second-order valence-electron chi connectivity index (χ2n) is 11.4. The zero-order valence-electron chi connectivity index (χ0n) is 23.2. The molecule has 2 aromatic rings. The minimum absolute atomic E-state index is 0.0785. The van der Waals surface area contributed by atoms with E-state index in [1.54, 1.807) is 6.07 Å². The van der Waals surface area contributed by atoms with Crippen molar-refractivity contribution in [2.45, 2.75) is 50.8 Å². The summed E-state index contributed by atoms with van der Waals surface area (Å²) in [5.74, 6) is -4.58. The second kappa shape index (κ2) is 11.6. The number of aliphatic hydroxyl groups is 1. The molecule has 0 unspecified atom stereocenters. The monoisotopic (exact) mass is 632 g/mol. The van der Waals surface area contributed by atoms with Crippen LogP contribution in [0.2, 0.25) is 0 Å². The fourth-order valence-electron chi connectivity index (χ4n) is 5.62. The van der Waals surface area contributed by atoms with Crippen molar-refractivity contribution in [1.82, 2.24) is 0 Å². The highest BCUT2D eigenvalue weighted by molar-refractivity contribution is 7.92. The van der Waals surface area contributed by atoms with E-state index < -0.39 is 59.2 Å². The summed E-state index contributed by atoms with van der Waals surface area (Å²) in [5, 5.41) is 11.8. The van der Waals surface area contributed by atoms with Crippen molar-refractivity contribution in [2.24, 2.45) is 5.41 Å². The quantitative estimate of drug-likeness (QED) is 0.327. The summed E-state index contributed by atoms with van der Waals surface area (Å²) in [5.41, 5.74) is 1.28. The number of anilines is 4. The normalized spacial score (nSPS) is 19.7. The van der Waals surface area contributed by atoms with E-state index in [0.29, 0.717) is 24.2 Å². The molecule has 0 bridgehead atoms. The molecule has 9 nitrogen and oxygen atoms in total. The number of aliphatic hydroxyl groups excluding tert-OH is 1. The number of benzene rings is 2. The zero-order valence-corrected chi connectivity index (χ0v) is 24.0. The van der Waals surface area contributed by atoms with Gasteiger partial charge in [-0.3, -0.25) is 9.52 Å². The van der Waals surface area contributed by atoms with Crippen LogP contribution in [0, 0.1) is 5.41 Å². The molecule has 2 aromatic carbocycles. The summed E-state index contributed by atoms with van der Waals surface area (Å²) < 4.78 is 97.9. The molecule has 0 aromatic heterocycles. The van der Waals surface area contributed by atoms with Crippen molar-refractivity contribution < 1.29 is 45.0 Å². The van der Waals surface area contributed by atoms with Crippen molar-refractivity contribution in [3.05, 3.63) is 42.0 Å². The van der Waals surface area contributed by atoms with Crippen molar-refractivity contribution >= 4 is 38.7 Å². The lowest BCUT2D eigenvalue weighted by atomic mass is 9.93. The summed E-state index contributed by atoms with van der Waals surface area (Å²) in [6, 6.07) is 7.95. The molecule has 0 atom stereocenters. The van der Waals surface area contributed by atoms with E-state index in [-0.39, 0.29) is 35.7 Å². The molecular formula is C28H33F5N4O5S. The average Bonchev–Trinajstić information content (AvgIpc) is 3.67. The van der Waals surface area contributed by atoms with Gasteiger partial charge in [-0.05, 0) is 67.5 Å². The van der Waals surface area contributed by atoms with Crippen molar-refractivity contribution in [1.29, 1.82) is 0 Å². The Morgan fingerprint density at radius 3 is 2.07 bits per heavy atom. The summed E-state index contributed by atoms with van der Waals surface area (Å²) in [6.07, 6.45) is -1.93. The molecule has 2 aliphatic heterocycles. The van der Waals surface area contributed by atoms with E-state index in [2.05, 4.69) is 14.8 Å². The maximum atomic E-state index is 13.8. The topological polar surface area (TPSA) is 111 Å². The Labute approximate surface area is 246 Å². The molecule has 0 radical (unpaired) electrons. The van der Waals surface area contributed by atoms with Crippen LogP contribution in [0.4, 0.5) is 44.7 Å². The van der Waals surface area contributed by atoms with Crippen LogP contribution in [-0.2, 0) is 10.0 Å². The summed E-state index contributed by atoms with van der Waals surface area (Å²) in [7, 11) is -3.83. The van der Waals surface area contributed by atoms with E-state index in [4.69, 9.17) is 5.11 Å². The number of halogens is 5. The number of sulfonamides is 1. The second-order valence-corrected chi connectivity index (χ2v) is 13.2. The van der Waals surface area contributed by atoms with Crippen LogP contribution in [0.5, 0.6) is 5.75 Å². The lowest BCUT2D eigenvalue weighted by molar-refractivity contribution is -0.274. The Bertz CT molecular complexity index is 1450. The van der Waals surface area contributed by atoms with E-state index in [9.17, 15) is 35.2 Å². The van der Waals surface area contributed by atoms with Gasteiger partial charge in [-0.2, -0.15) is 0 Å². The van der Waals surface area contributed by atoms with Crippen molar-refractivity contribution in [2.75, 3.05) is 58.4 Å².